The van der Waals surface area contributed by atoms with Gasteiger partial charge in [0.05, 0.1) is 16.1 Å². The van der Waals surface area contributed by atoms with Crippen LogP contribution in [0.4, 0.5) is 10.1 Å². The van der Waals surface area contributed by atoms with Crippen molar-refractivity contribution in [3.8, 4) is 11.5 Å². The number of benzene rings is 2. The fourth-order valence-electron chi connectivity index (χ4n) is 3.35. The zero-order chi connectivity index (χ0) is 17.4. The lowest BCUT2D eigenvalue weighted by molar-refractivity contribution is -0.124. The molecule has 0 atom stereocenters. The topological polar surface area (TPSA) is 47.6 Å². The number of ether oxygens (including phenoxy) is 2. The third-order valence-electron chi connectivity index (χ3n) is 4.92. The summed E-state index contributed by atoms with van der Waals surface area (Å²) in [5, 5.41) is 3.31. The van der Waals surface area contributed by atoms with Crippen molar-refractivity contribution in [1.29, 1.82) is 0 Å². The van der Waals surface area contributed by atoms with E-state index < -0.39 is 5.41 Å². The van der Waals surface area contributed by atoms with Crippen LogP contribution in [-0.2, 0) is 10.2 Å². The standard InChI is InChI=1S/C19H17ClFNO3/c20-14-10-16-17(25-9-8-24-16)11-15(14)22-18(23)19(6-1-7-19)12-2-4-13(21)5-3-12/h2-5,10-11H,1,6-9H2,(H,22,23). The van der Waals surface area contributed by atoms with Crippen LogP contribution >= 0.6 is 11.6 Å². The molecule has 2 aliphatic rings. The Morgan fingerprint density at radius 3 is 2.32 bits per heavy atom. The van der Waals surface area contributed by atoms with Crippen molar-refractivity contribution in [2.45, 2.75) is 24.7 Å². The molecule has 2 aromatic carbocycles. The first-order chi connectivity index (χ1) is 12.1. The molecule has 0 radical (unpaired) electrons. The van der Waals surface area contributed by atoms with Crippen molar-refractivity contribution >= 4 is 23.2 Å². The second-order valence-electron chi connectivity index (χ2n) is 6.37. The summed E-state index contributed by atoms with van der Waals surface area (Å²) >= 11 is 6.28. The van der Waals surface area contributed by atoms with Crippen LogP contribution < -0.4 is 14.8 Å². The van der Waals surface area contributed by atoms with Crippen molar-refractivity contribution in [2.24, 2.45) is 0 Å². The van der Waals surface area contributed by atoms with E-state index in [2.05, 4.69) is 5.32 Å². The van der Waals surface area contributed by atoms with Crippen LogP contribution in [0.25, 0.3) is 0 Å². The first kappa shape index (κ1) is 16.2. The number of rotatable bonds is 3. The molecule has 25 heavy (non-hydrogen) atoms. The van der Waals surface area contributed by atoms with Crippen LogP contribution in [0.3, 0.4) is 0 Å². The molecule has 6 heteroatoms. The van der Waals surface area contributed by atoms with Crippen LogP contribution in [0, 0.1) is 5.82 Å². The number of fused-ring (bicyclic) bond motifs is 1. The second-order valence-corrected chi connectivity index (χ2v) is 6.78. The van der Waals surface area contributed by atoms with E-state index in [4.69, 9.17) is 21.1 Å². The summed E-state index contributed by atoms with van der Waals surface area (Å²) < 4.78 is 24.2. The van der Waals surface area contributed by atoms with Crippen molar-refractivity contribution in [1.82, 2.24) is 0 Å². The largest absolute Gasteiger partial charge is 0.486 e. The molecular formula is C19H17ClFNO3. The van der Waals surface area contributed by atoms with E-state index in [1.54, 1.807) is 24.3 Å². The number of carbonyl (C=O) groups is 1. The van der Waals surface area contributed by atoms with Gasteiger partial charge < -0.3 is 14.8 Å². The van der Waals surface area contributed by atoms with Gasteiger partial charge in [-0.15, -0.1) is 0 Å². The van der Waals surface area contributed by atoms with E-state index in [1.165, 1.54) is 12.1 Å². The average molecular weight is 362 g/mol. The van der Waals surface area contributed by atoms with E-state index in [1.807, 2.05) is 0 Å². The number of amides is 1. The van der Waals surface area contributed by atoms with Gasteiger partial charge in [0, 0.05) is 12.1 Å². The molecule has 2 aromatic rings. The molecule has 130 valence electrons. The molecule has 1 saturated carbocycles. The highest BCUT2D eigenvalue weighted by atomic mass is 35.5. The van der Waals surface area contributed by atoms with Gasteiger partial charge >= 0.3 is 0 Å². The lowest BCUT2D eigenvalue weighted by atomic mass is 9.64. The highest BCUT2D eigenvalue weighted by Crippen LogP contribution is 2.45. The van der Waals surface area contributed by atoms with Gasteiger partial charge in [-0.25, -0.2) is 4.39 Å². The van der Waals surface area contributed by atoms with E-state index in [0.29, 0.717) is 35.4 Å². The highest BCUT2D eigenvalue weighted by Gasteiger charge is 2.45. The zero-order valence-corrected chi connectivity index (χ0v) is 14.2. The monoisotopic (exact) mass is 361 g/mol. The van der Waals surface area contributed by atoms with Crippen LogP contribution in [0.15, 0.2) is 36.4 Å². The molecule has 4 rings (SSSR count). The van der Waals surface area contributed by atoms with Crippen LogP contribution in [-0.4, -0.2) is 19.1 Å². The Labute approximate surface area is 149 Å². The molecule has 0 unspecified atom stereocenters. The number of hydrogen-bond acceptors (Lipinski definition) is 3. The van der Waals surface area contributed by atoms with Gasteiger partial charge in [-0.3, -0.25) is 4.79 Å². The molecule has 0 bridgehead atoms. The first-order valence-corrected chi connectivity index (χ1v) is 8.63. The Morgan fingerprint density at radius 2 is 1.72 bits per heavy atom. The SMILES string of the molecule is O=C(Nc1cc2c(cc1Cl)OCCO2)C1(c2ccc(F)cc2)CCC1. The Balaban J connectivity index is 1.61. The number of nitrogens with one attached hydrogen (secondary N) is 1. The van der Waals surface area contributed by atoms with Crippen LogP contribution in [0.2, 0.25) is 5.02 Å². The van der Waals surface area contributed by atoms with E-state index in [-0.39, 0.29) is 11.7 Å². The minimum atomic E-state index is -0.635. The Morgan fingerprint density at radius 1 is 1.08 bits per heavy atom. The number of anilines is 1. The van der Waals surface area contributed by atoms with Gasteiger partial charge in [0.1, 0.15) is 19.0 Å². The molecule has 4 nitrogen and oxygen atoms in total. The van der Waals surface area contributed by atoms with E-state index in [9.17, 15) is 9.18 Å². The lowest BCUT2D eigenvalue weighted by Crippen LogP contribution is -2.46. The lowest BCUT2D eigenvalue weighted by Gasteiger charge is -2.40. The predicted octanol–water partition coefficient (Wildman–Crippen LogP) is 4.31. The molecule has 1 N–H and O–H groups in total. The molecule has 0 saturated heterocycles. The summed E-state index contributed by atoms with van der Waals surface area (Å²) in [6, 6.07) is 9.47. The number of carbonyl (C=O) groups excluding carboxylic acids is 1. The Kier molecular flexibility index (Phi) is 4.04. The quantitative estimate of drug-likeness (QED) is 0.886. The molecule has 0 spiro atoms. The van der Waals surface area contributed by atoms with Gasteiger partial charge in [0.25, 0.3) is 0 Å². The highest BCUT2D eigenvalue weighted by molar-refractivity contribution is 6.34. The summed E-state index contributed by atoms with van der Waals surface area (Å²) in [6.45, 7) is 0.935. The summed E-state index contributed by atoms with van der Waals surface area (Å²) in [7, 11) is 0. The van der Waals surface area contributed by atoms with Crippen LogP contribution in [0.1, 0.15) is 24.8 Å². The maximum Gasteiger partial charge on any atom is 0.235 e. The van der Waals surface area contributed by atoms with Crippen molar-refractivity contribution < 1.29 is 18.7 Å². The van der Waals surface area contributed by atoms with Gasteiger partial charge in [0.2, 0.25) is 5.91 Å². The Hall–Kier alpha value is -2.27. The first-order valence-electron chi connectivity index (χ1n) is 8.25. The van der Waals surface area contributed by atoms with Gasteiger partial charge in [-0.05, 0) is 30.5 Å². The molecule has 1 aliphatic carbocycles. The minimum Gasteiger partial charge on any atom is -0.486 e. The number of halogens is 2. The summed E-state index contributed by atoms with van der Waals surface area (Å²) in [6.07, 6.45) is 2.42. The van der Waals surface area contributed by atoms with Crippen LogP contribution in [0.5, 0.6) is 11.5 Å². The second kappa shape index (κ2) is 6.23. The number of hydrogen-bond donors (Lipinski definition) is 1. The predicted molar refractivity (Wildman–Crippen MR) is 93.0 cm³/mol. The minimum absolute atomic E-state index is 0.135. The van der Waals surface area contributed by atoms with Gasteiger partial charge in [-0.1, -0.05) is 30.2 Å². The van der Waals surface area contributed by atoms with E-state index >= 15 is 0 Å². The molecule has 1 fully saturated rings. The average Bonchev–Trinajstić information content (AvgIpc) is 2.56. The van der Waals surface area contributed by atoms with Crippen molar-refractivity contribution in [3.05, 3.63) is 52.8 Å². The zero-order valence-electron chi connectivity index (χ0n) is 13.5. The van der Waals surface area contributed by atoms with Crippen molar-refractivity contribution in [3.63, 3.8) is 0 Å². The molecule has 1 amide bonds. The summed E-state index contributed by atoms with van der Waals surface area (Å²) in [5.74, 6) is 0.694. The Bertz CT molecular complexity index is 818. The van der Waals surface area contributed by atoms with Gasteiger partial charge in [0.15, 0.2) is 11.5 Å². The van der Waals surface area contributed by atoms with Crippen molar-refractivity contribution in [2.75, 3.05) is 18.5 Å². The fourth-order valence-corrected chi connectivity index (χ4v) is 3.55. The fraction of sp³-hybridized carbons (Fsp3) is 0.316. The smallest absolute Gasteiger partial charge is 0.235 e. The molecule has 1 aliphatic heterocycles. The molecular weight excluding hydrogens is 345 g/mol. The molecule has 1 heterocycles. The van der Waals surface area contributed by atoms with Gasteiger partial charge in [-0.2, -0.15) is 0 Å². The van der Waals surface area contributed by atoms with E-state index in [0.717, 1.165) is 24.8 Å². The maximum atomic E-state index is 13.2. The third kappa shape index (κ3) is 2.82. The third-order valence-corrected chi connectivity index (χ3v) is 5.23. The maximum absolute atomic E-state index is 13.2. The molecule has 0 aromatic heterocycles. The summed E-state index contributed by atoms with van der Waals surface area (Å²) in [4.78, 5) is 13.0. The normalized spacial score (nSPS) is 17.5. The summed E-state index contributed by atoms with van der Waals surface area (Å²) in [5.41, 5.74) is 0.681.